The SMILES string of the molecule is CN=C(NCC1(O)CCc2ccccc21)N1CCN(Cc2ccon2)CC1.I. The fourth-order valence-electron chi connectivity index (χ4n) is 4.08. The standard InChI is InChI=1S/C20H27N5O2.HI/c1-21-19(22-15-20(26)8-6-16-4-2-3-5-18(16)20)25-11-9-24(10-12-25)14-17-7-13-27-23-17;/h2-5,7,13,26H,6,8-12,14-15H2,1H3,(H,21,22);1H. The van der Waals surface area contributed by atoms with Crippen LogP contribution < -0.4 is 5.32 Å². The van der Waals surface area contributed by atoms with Crippen molar-refractivity contribution in [2.45, 2.75) is 25.0 Å². The van der Waals surface area contributed by atoms with Gasteiger partial charge in [0.05, 0.1) is 12.2 Å². The van der Waals surface area contributed by atoms with Crippen LogP contribution in [0, 0.1) is 0 Å². The molecule has 1 fully saturated rings. The van der Waals surface area contributed by atoms with Crippen LogP contribution in [0.15, 0.2) is 46.1 Å². The maximum absolute atomic E-state index is 11.1. The van der Waals surface area contributed by atoms with E-state index < -0.39 is 5.60 Å². The van der Waals surface area contributed by atoms with Crippen molar-refractivity contribution in [2.24, 2.45) is 4.99 Å². The fourth-order valence-corrected chi connectivity index (χ4v) is 4.08. The van der Waals surface area contributed by atoms with E-state index in [1.807, 2.05) is 24.3 Å². The molecule has 0 saturated carbocycles. The molecule has 1 saturated heterocycles. The highest BCUT2D eigenvalue weighted by atomic mass is 127. The Kier molecular flexibility index (Phi) is 6.95. The van der Waals surface area contributed by atoms with Crippen LogP contribution in [0.5, 0.6) is 0 Å². The van der Waals surface area contributed by atoms with E-state index in [-0.39, 0.29) is 24.0 Å². The van der Waals surface area contributed by atoms with Crippen LogP contribution >= 0.6 is 24.0 Å². The molecular weight excluding hydrogens is 469 g/mol. The predicted molar refractivity (Wildman–Crippen MR) is 119 cm³/mol. The number of hydrogen-bond acceptors (Lipinski definition) is 5. The van der Waals surface area contributed by atoms with Gasteiger partial charge in [-0.1, -0.05) is 29.4 Å². The number of fused-ring (bicyclic) bond motifs is 1. The number of guanidine groups is 1. The minimum Gasteiger partial charge on any atom is -0.383 e. The highest BCUT2D eigenvalue weighted by molar-refractivity contribution is 14.0. The van der Waals surface area contributed by atoms with Crippen molar-refractivity contribution < 1.29 is 9.63 Å². The summed E-state index contributed by atoms with van der Waals surface area (Å²) in [6.07, 6.45) is 3.29. The van der Waals surface area contributed by atoms with Gasteiger partial charge in [-0.2, -0.15) is 0 Å². The molecule has 1 unspecified atom stereocenters. The minimum absolute atomic E-state index is 0. The number of aliphatic hydroxyl groups is 1. The number of rotatable bonds is 4. The second kappa shape index (κ2) is 9.23. The number of nitrogens with zero attached hydrogens (tertiary/aromatic N) is 4. The maximum Gasteiger partial charge on any atom is 0.193 e. The molecule has 1 atom stereocenters. The van der Waals surface area contributed by atoms with E-state index in [1.165, 1.54) is 5.56 Å². The molecule has 2 aromatic rings. The molecule has 0 bridgehead atoms. The van der Waals surface area contributed by atoms with Gasteiger partial charge in [0.15, 0.2) is 5.96 Å². The highest BCUT2D eigenvalue weighted by Crippen LogP contribution is 2.36. The van der Waals surface area contributed by atoms with Gasteiger partial charge in [0.2, 0.25) is 0 Å². The Balaban J connectivity index is 0.00000225. The molecule has 2 aliphatic rings. The lowest BCUT2D eigenvalue weighted by Gasteiger charge is -2.37. The first-order valence-electron chi connectivity index (χ1n) is 9.56. The summed E-state index contributed by atoms with van der Waals surface area (Å²) < 4.78 is 4.91. The molecule has 1 aromatic carbocycles. The Bertz CT molecular complexity index is 790. The summed E-state index contributed by atoms with van der Waals surface area (Å²) in [5, 5.41) is 18.5. The zero-order valence-electron chi connectivity index (χ0n) is 16.2. The molecule has 4 rings (SSSR count). The maximum atomic E-state index is 11.1. The first kappa shape index (κ1) is 21.1. The number of nitrogens with one attached hydrogen (secondary N) is 1. The van der Waals surface area contributed by atoms with E-state index in [9.17, 15) is 5.11 Å². The molecule has 8 heteroatoms. The molecule has 28 heavy (non-hydrogen) atoms. The van der Waals surface area contributed by atoms with Gasteiger partial charge in [-0.15, -0.1) is 24.0 Å². The van der Waals surface area contributed by atoms with Crippen molar-refractivity contribution in [3.8, 4) is 0 Å². The third-order valence-corrected chi connectivity index (χ3v) is 5.63. The number of aliphatic imine (C=N–C) groups is 1. The van der Waals surface area contributed by atoms with Crippen LogP contribution in [0.4, 0.5) is 0 Å². The van der Waals surface area contributed by atoms with Crippen molar-refractivity contribution in [1.82, 2.24) is 20.3 Å². The number of piperazine rings is 1. The van der Waals surface area contributed by atoms with Gasteiger partial charge >= 0.3 is 0 Å². The lowest BCUT2D eigenvalue weighted by atomic mass is 9.96. The molecule has 1 aromatic heterocycles. The molecule has 2 heterocycles. The molecule has 7 nitrogen and oxygen atoms in total. The van der Waals surface area contributed by atoms with Crippen molar-refractivity contribution in [3.63, 3.8) is 0 Å². The summed E-state index contributed by atoms with van der Waals surface area (Å²) >= 11 is 0. The van der Waals surface area contributed by atoms with Gasteiger partial charge in [-0.25, -0.2) is 0 Å². The normalized spacial score (nSPS) is 22.6. The Labute approximate surface area is 182 Å². The van der Waals surface area contributed by atoms with Gasteiger partial charge in [0.25, 0.3) is 0 Å². The first-order valence-corrected chi connectivity index (χ1v) is 9.56. The van der Waals surface area contributed by atoms with E-state index in [0.29, 0.717) is 6.54 Å². The smallest absolute Gasteiger partial charge is 0.193 e. The Morgan fingerprint density at radius 3 is 2.75 bits per heavy atom. The summed E-state index contributed by atoms with van der Waals surface area (Å²) in [4.78, 5) is 9.05. The van der Waals surface area contributed by atoms with Crippen LogP contribution in [0.1, 0.15) is 23.2 Å². The van der Waals surface area contributed by atoms with Gasteiger partial charge in [0.1, 0.15) is 11.9 Å². The summed E-state index contributed by atoms with van der Waals surface area (Å²) in [5.74, 6) is 0.855. The van der Waals surface area contributed by atoms with Crippen molar-refractivity contribution >= 4 is 29.9 Å². The third-order valence-electron chi connectivity index (χ3n) is 5.63. The second-order valence-corrected chi connectivity index (χ2v) is 7.34. The largest absolute Gasteiger partial charge is 0.383 e. The zero-order chi connectivity index (χ0) is 18.7. The van der Waals surface area contributed by atoms with E-state index in [0.717, 1.165) is 62.8 Å². The molecule has 1 aliphatic heterocycles. The summed E-state index contributed by atoms with van der Waals surface area (Å²) in [6, 6.07) is 10.1. The molecule has 0 radical (unpaired) electrons. The topological polar surface area (TPSA) is 77.1 Å². The number of benzene rings is 1. The molecular formula is C20H28IN5O2. The third kappa shape index (κ3) is 4.49. The molecule has 2 N–H and O–H groups in total. The summed E-state index contributed by atoms with van der Waals surface area (Å²) in [5.41, 5.74) is 2.44. The van der Waals surface area contributed by atoms with Gasteiger partial charge in [-0.3, -0.25) is 9.89 Å². The van der Waals surface area contributed by atoms with Gasteiger partial charge < -0.3 is 19.8 Å². The van der Waals surface area contributed by atoms with Crippen LogP contribution in [0.25, 0.3) is 0 Å². The van der Waals surface area contributed by atoms with Gasteiger partial charge in [0, 0.05) is 45.8 Å². The monoisotopic (exact) mass is 497 g/mol. The van der Waals surface area contributed by atoms with Crippen LogP contribution in [0.3, 0.4) is 0 Å². The van der Waals surface area contributed by atoms with Gasteiger partial charge in [-0.05, 0) is 24.0 Å². The van der Waals surface area contributed by atoms with E-state index in [2.05, 4.69) is 31.3 Å². The molecule has 1 aliphatic carbocycles. The Hall–Kier alpha value is -1.65. The van der Waals surface area contributed by atoms with Crippen LogP contribution in [-0.2, 0) is 18.6 Å². The first-order chi connectivity index (χ1) is 13.2. The summed E-state index contributed by atoms with van der Waals surface area (Å²) in [7, 11) is 1.80. The zero-order valence-corrected chi connectivity index (χ0v) is 18.5. The van der Waals surface area contributed by atoms with Crippen molar-refractivity contribution in [2.75, 3.05) is 39.8 Å². The minimum atomic E-state index is -0.818. The quantitative estimate of drug-likeness (QED) is 0.382. The lowest BCUT2D eigenvalue weighted by molar-refractivity contribution is 0.0421. The number of halogens is 1. The van der Waals surface area contributed by atoms with Crippen LogP contribution in [-0.4, -0.2) is 65.8 Å². The lowest BCUT2D eigenvalue weighted by Crippen LogP contribution is -2.54. The highest BCUT2D eigenvalue weighted by Gasteiger charge is 2.36. The number of aromatic nitrogens is 1. The van der Waals surface area contributed by atoms with E-state index in [4.69, 9.17) is 4.52 Å². The van der Waals surface area contributed by atoms with E-state index in [1.54, 1.807) is 13.3 Å². The number of aryl methyl sites for hydroxylation is 1. The van der Waals surface area contributed by atoms with Crippen LogP contribution in [0.2, 0.25) is 0 Å². The van der Waals surface area contributed by atoms with Crippen molar-refractivity contribution in [1.29, 1.82) is 0 Å². The average Bonchev–Trinajstić information content (AvgIpc) is 3.32. The fraction of sp³-hybridized carbons (Fsp3) is 0.500. The molecule has 0 spiro atoms. The molecule has 152 valence electrons. The second-order valence-electron chi connectivity index (χ2n) is 7.34. The molecule has 0 amide bonds. The summed E-state index contributed by atoms with van der Waals surface area (Å²) in [6.45, 7) is 4.98. The average molecular weight is 497 g/mol. The predicted octanol–water partition coefficient (Wildman–Crippen LogP) is 1.82. The van der Waals surface area contributed by atoms with E-state index >= 15 is 0 Å². The Morgan fingerprint density at radius 2 is 2.04 bits per heavy atom. The number of hydrogen-bond donors (Lipinski definition) is 2. The van der Waals surface area contributed by atoms with Crippen molar-refractivity contribution in [3.05, 3.63) is 53.4 Å². The Morgan fingerprint density at radius 1 is 1.25 bits per heavy atom.